The Balaban J connectivity index is 1.73. The molecule has 0 unspecified atom stereocenters. The van der Waals surface area contributed by atoms with Crippen molar-refractivity contribution in [1.82, 2.24) is 14.7 Å². The standard InChI is InChI=1S/C16H16F3N3O2/c1-21-7-10(6-20-21)4-9-2-3-22(8-9)16(24)11-5-12(17)14(19)15(23)13(11)18/h5-7,9,23H,2-4,8H2,1H3/t9-/m1/s1. The third-order valence-corrected chi connectivity index (χ3v) is 4.22. The molecule has 1 N–H and O–H groups in total. The number of carbonyl (C=O) groups excluding carboxylic acids is 1. The maximum Gasteiger partial charge on any atom is 0.257 e. The SMILES string of the molecule is Cn1cc(C[C@H]2CCN(C(=O)c3cc(F)c(F)c(O)c3F)C2)cn1. The number of phenols is 1. The van der Waals surface area contributed by atoms with Crippen LogP contribution < -0.4 is 0 Å². The molecule has 1 aliphatic rings. The van der Waals surface area contributed by atoms with Gasteiger partial charge in [-0.15, -0.1) is 0 Å². The van der Waals surface area contributed by atoms with Gasteiger partial charge < -0.3 is 10.0 Å². The Morgan fingerprint density at radius 1 is 1.38 bits per heavy atom. The van der Waals surface area contributed by atoms with Crippen LogP contribution in [0.25, 0.3) is 0 Å². The van der Waals surface area contributed by atoms with E-state index in [9.17, 15) is 23.1 Å². The molecule has 0 saturated carbocycles. The summed E-state index contributed by atoms with van der Waals surface area (Å²) in [5.74, 6) is -6.63. The van der Waals surface area contributed by atoms with Gasteiger partial charge in [0.2, 0.25) is 5.82 Å². The number of hydrogen-bond acceptors (Lipinski definition) is 3. The van der Waals surface area contributed by atoms with E-state index in [2.05, 4.69) is 5.10 Å². The number of halogens is 3. The van der Waals surface area contributed by atoms with E-state index >= 15 is 0 Å². The molecule has 24 heavy (non-hydrogen) atoms. The molecule has 5 nitrogen and oxygen atoms in total. The molecule has 0 radical (unpaired) electrons. The molecule has 2 heterocycles. The summed E-state index contributed by atoms with van der Waals surface area (Å²) >= 11 is 0. The number of aromatic nitrogens is 2. The van der Waals surface area contributed by atoms with E-state index in [0.29, 0.717) is 19.2 Å². The first-order valence-electron chi connectivity index (χ1n) is 7.50. The predicted molar refractivity (Wildman–Crippen MR) is 78.9 cm³/mol. The minimum absolute atomic E-state index is 0.181. The Bertz CT molecular complexity index is 791. The molecular formula is C16H16F3N3O2. The Morgan fingerprint density at radius 2 is 2.12 bits per heavy atom. The van der Waals surface area contributed by atoms with Crippen LogP contribution in [0.2, 0.25) is 0 Å². The molecule has 2 aromatic rings. The molecule has 0 bridgehead atoms. The number of likely N-dealkylation sites (tertiary alicyclic amines) is 1. The lowest BCUT2D eigenvalue weighted by Crippen LogP contribution is -2.30. The summed E-state index contributed by atoms with van der Waals surface area (Å²) in [7, 11) is 1.81. The molecule has 3 rings (SSSR count). The van der Waals surface area contributed by atoms with Crippen molar-refractivity contribution in [3.8, 4) is 5.75 Å². The second-order valence-corrected chi connectivity index (χ2v) is 6.01. The van der Waals surface area contributed by atoms with Crippen LogP contribution in [-0.4, -0.2) is 38.8 Å². The van der Waals surface area contributed by atoms with Crippen molar-refractivity contribution in [2.75, 3.05) is 13.1 Å². The Hall–Kier alpha value is -2.51. The zero-order chi connectivity index (χ0) is 17.4. The first-order valence-corrected chi connectivity index (χ1v) is 7.50. The van der Waals surface area contributed by atoms with Crippen LogP contribution in [0.1, 0.15) is 22.3 Å². The van der Waals surface area contributed by atoms with Crippen LogP contribution >= 0.6 is 0 Å². The average Bonchev–Trinajstić information content (AvgIpc) is 3.18. The van der Waals surface area contributed by atoms with E-state index in [1.807, 2.05) is 13.2 Å². The molecule has 1 amide bonds. The van der Waals surface area contributed by atoms with E-state index in [1.165, 1.54) is 4.90 Å². The summed E-state index contributed by atoms with van der Waals surface area (Å²) in [6.07, 6.45) is 5.08. The Morgan fingerprint density at radius 3 is 2.79 bits per heavy atom. The number of phenolic OH excluding ortho intramolecular Hbond substituents is 1. The van der Waals surface area contributed by atoms with Crippen molar-refractivity contribution in [3.63, 3.8) is 0 Å². The van der Waals surface area contributed by atoms with Gasteiger partial charge in [-0.25, -0.2) is 8.78 Å². The van der Waals surface area contributed by atoms with Crippen molar-refractivity contribution in [2.24, 2.45) is 13.0 Å². The molecule has 1 aromatic carbocycles. The zero-order valence-corrected chi connectivity index (χ0v) is 13.0. The van der Waals surface area contributed by atoms with Gasteiger partial charge in [0.1, 0.15) is 0 Å². The minimum Gasteiger partial charge on any atom is -0.503 e. The summed E-state index contributed by atoms with van der Waals surface area (Å²) in [5, 5.41) is 13.3. The highest BCUT2D eigenvalue weighted by molar-refractivity contribution is 5.95. The van der Waals surface area contributed by atoms with Gasteiger partial charge in [0.05, 0.1) is 11.8 Å². The van der Waals surface area contributed by atoms with E-state index < -0.39 is 34.7 Å². The van der Waals surface area contributed by atoms with Crippen LogP contribution in [0, 0.1) is 23.4 Å². The Kier molecular flexibility index (Phi) is 4.21. The fourth-order valence-electron chi connectivity index (χ4n) is 3.01. The molecule has 1 fully saturated rings. The van der Waals surface area contributed by atoms with Gasteiger partial charge in [0, 0.05) is 26.3 Å². The monoisotopic (exact) mass is 339 g/mol. The molecule has 128 valence electrons. The van der Waals surface area contributed by atoms with E-state index in [1.54, 1.807) is 10.9 Å². The van der Waals surface area contributed by atoms with Gasteiger partial charge in [0.25, 0.3) is 5.91 Å². The maximum absolute atomic E-state index is 13.9. The fraction of sp³-hybridized carbons (Fsp3) is 0.375. The van der Waals surface area contributed by atoms with Crippen molar-refractivity contribution in [1.29, 1.82) is 0 Å². The third-order valence-electron chi connectivity index (χ3n) is 4.22. The topological polar surface area (TPSA) is 58.4 Å². The van der Waals surface area contributed by atoms with Gasteiger partial charge in [-0.1, -0.05) is 0 Å². The number of benzene rings is 1. The van der Waals surface area contributed by atoms with E-state index in [4.69, 9.17) is 0 Å². The first kappa shape index (κ1) is 16.4. The van der Waals surface area contributed by atoms with Crippen LogP contribution in [0.4, 0.5) is 13.2 Å². The van der Waals surface area contributed by atoms with Gasteiger partial charge in [0.15, 0.2) is 17.4 Å². The fourth-order valence-corrected chi connectivity index (χ4v) is 3.01. The van der Waals surface area contributed by atoms with Gasteiger partial charge in [-0.05, 0) is 30.4 Å². The second kappa shape index (κ2) is 6.18. The highest BCUT2D eigenvalue weighted by Gasteiger charge is 2.31. The molecule has 0 aliphatic carbocycles. The minimum atomic E-state index is -1.69. The van der Waals surface area contributed by atoms with Crippen LogP contribution in [0.5, 0.6) is 5.75 Å². The lowest BCUT2D eigenvalue weighted by Gasteiger charge is -2.17. The normalized spacial score (nSPS) is 17.5. The summed E-state index contributed by atoms with van der Waals surface area (Å²) < 4.78 is 42.0. The number of hydrogen-bond donors (Lipinski definition) is 1. The lowest BCUT2D eigenvalue weighted by molar-refractivity contribution is 0.0780. The molecule has 1 aliphatic heterocycles. The summed E-state index contributed by atoms with van der Waals surface area (Å²) in [6, 6.07) is 0.487. The number of nitrogens with zero attached hydrogens (tertiary/aromatic N) is 3. The molecular weight excluding hydrogens is 323 g/mol. The van der Waals surface area contributed by atoms with Crippen molar-refractivity contribution < 1.29 is 23.1 Å². The third kappa shape index (κ3) is 2.95. The first-order chi connectivity index (χ1) is 11.4. The smallest absolute Gasteiger partial charge is 0.257 e. The van der Waals surface area contributed by atoms with Gasteiger partial charge in [-0.3, -0.25) is 9.48 Å². The maximum atomic E-state index is 13.9. The predicted octanol–water partition coefficient (Wildman–Crippen LogP) is 2.25. The zero-order valence-electron chi connectivity index (χ0n) is 13.0. The molecule has 8 heteroatoms. The van der Waals surface area contributed by atoms with Crippen molar-refractivity contribution >= 4 is 5.91 Å². The lowest BCUT2D eigenvalue weighted by atomic mass is 10.0. The van der Waals surface area contributed by atoms with Gasteiger partial charge >= 0.3 is 0 Å². The molecule has 1 atom stereocenters. The second-order valence-electron chi connectivity index (χ2n) is 6.01. The molecule has 1 aromatic heterocycles. The number of aromatic hydroxyl groups is 1. The number of aryl methyl sites for hydroxylation is 1. The van der Waals surface area contributed by atoms with E-state index in [-0.39, 0.29) is 5.92 Å². The number of rotatable bonds is 3. The van der Waals surface area contributed by atoms with Crippen LogP contribution in [0.15, 0.2) is 18.5 Å². The highest BCUT2D eigenvalue weighted by atomic mass is 19.2. The average molecular weight is 339 g/mol. The quantitative estimate of drug-likeness (QED) is 0.873. The Labute approximate surface area is 136 Å². The number of carbonyl (C=O) groups is 1. The van der Waals surface area contributed by atoms with Crippen LogP contribution in [-0.2, 0) is 13.5 Å². The van der Waals surface area contributed by atoms with E-state index in [0.717, 1.165) is 18.4 Å². The summed E-state index contributed by atoms with van der Waals surface area (Å²) in [6.45, 7) is 0.774. The number of amides is 1. The van der Waals surface area contributed by atoms with Crippen molar-refractivity contribution in [2.45, 2.75) is 12.8 Å². The van der Waals surface area contributed by atoms with Crippen LogP contribution in [0.3, 0.4) is 0 Å². The molecule has 1 saturated heterocycles. The van der Waals surface area contributed by atoms with Crippen molar-refractivity contribution in [3.05, 3.63) is 47.0 Å². The summed E-state index contributed by atoms with van der Waals surface area (Å²) in [4.78, 5) is 13.7. The highest BCUT2D eigenvalue weighted by Crippen LogP contribution is 2.28. The molecule has 0 spiro atoms. The largest absolute Gasteiger partial charge is 0.503 e. The van der Waals surface area contributed by atoms with Gasteiger partial charge in [-0.2, -0.15) is 9.49 Å². The summed E-state index contributed by atoms with van der Waals surface area (Å²) in [5.41, 5.74) is 0.377.